The molecule has 2 aromatic carbocycles. The number of nitrogens with one attached hydrogen (secondary N) is 1. The van der Waals surface area contributed by atoms with Gasteiger partial charge < -0.3 is 5.11 Å². The van der Waals surface area contributed by atoms with E-state index in [1.54, 1.807) is 36.4 Å². The third-order valence-corrected chi connectivity index (χ3v) is 5.75. The van der Waals surface area contributed by atoms with Crippen molar-refractivity contribution in [3.63, 3.8) is 0 Å². The number of aliphatic carboxylic acids is 1. The summed E-state index contributed by atoms with van der Waals surface area (Å²) in [4.78, 5) is 11.2. The topological polar surface area (TPSA) is 109 Å². The summed E-state index contributed by atoms with van der Waals surface area (Å²) in [6.07, 6.45) is -0.172. The maximum atomic E-state index is 12.6. The lowest BCUT2D eigenvalue weighted by Crippen LogP contribution is -2.29. The molecule has 0 spiro atoms. The normalized spacial score (nSPS) is 13.0. The molecular weight excluding hydrogens is 362 g/mol. The van der Waals surface area contributed by atoms with Crippen molar-refractivity contribution in [1.82, 2.24) is 13.5 Å². The van der Waals surface area contributed by atoms with Gasteiger partial charge in [-0.1, -0.05) is 36.4 Å². The summed E-state index contributed by atoms with van der Waals surface area (Å²) in [5.41, 5.74) is 1.59. The molecule has 0 saturated heterocycles. The van der Waals surface area contributed by atoms with Gasteiger partial charge in [-0.15, -0.1) is 0 Å². The Morgan fingerprint density at radius 1 is 1.12 bits per heavy atom. The van der Waals surface area contributed by atoms with E-state index in [1.807, 2.05) is 6.07 Å². The molecule has 3 aromatic rings. The molecule has 0 bridgehead atoms. The molecule has 0 aliphatic heterocycles. The zero-order valence-electron chi connectivity index (χ0n) is 13.0. The zero-order valence-corrected chi connectivity index (χ0v) is 14.6. The molecule has 0 aliphatic carbocycles. The smallest absolute Gasteiger partial charge is 0.304 e. The van der Waals surface area contributed by atoms with Crippen molar-refractivity contribution in [2.75, 3.05) is 6.54 Å². The Hall–Kier alpha value is -2.36. The molecule has 1 atom stereocenters. The molecular formula is C16H15N3O4S2. The largest absolute Gasteiger partial charge is 0.481 e. The lowest BCUT2D eigenvalue weighted by Gasteiger charge is -2.16. The van der Waals surface area contributed by atoms with E-state index in [9.17, 15) is 13.2 Å². The standard InChI is InChI=1S/C16H15N3O4S2/c20-15(21)9-12(11-5-2-1-3-6-11)10-17-25(22,23)14-8-4-7-13-16(14)19-24-18-13/h1-8,12,17H,9-10H2,(H,20,21)/t12-/m1/s1. The van der Waals surface area contributed by atoms with Crippen LogP contribution in [0.5, 0.6) is 0 Å². The minimum Gasteiger partial charge on any atom is -0.481 e. The average molecular weight is 377 g/mol. The fourth-order valence-corrected chi connectivity index (χ4v) is 4.38. The predicted molar refractivity (Wildman–Crippen MR) is 94.0 cm³/mol. The van der Waals surface area contributed by atoms with E-state index >= 15 is 0 Å². The van der Waals surface area contributed by atoms with Crippen molar-refractivity contribution >= 4 is 38.8 Å². The Kier molecular flexibility index (Phi) is 5.07. The van der Waals surface area contributed by atoms with Crippen LogP contribution in [0.25, 0.3) is 11.0 Å². The first-order valence-electron chi connectivity index (χ1n) is 7.45. The summed E-state index contributed by atoms with van der Waals surface area (Å²) < 4.78 is 35.9. The molecule has 130 valence electrons. The van der Waals surface area contributed by atoms with E-state index in [4.69, 9.17) is 5.11 Å². The van der Waals surface area contributed by atoms with Gasteiger partial charge in [0.1, 0.15) is 15.9 Å². The van der Waals surface area contributed by atoms with Crippen LogP contribution in [0, 0.1) is 0 Å². The summed E-state index contributed by atoms with van der Waals surface area (Å²) in [6.45, 7) is -0.0212. The molecule has 2 N–H and O–H groups in total. The summed E-state index contributed by atoms with van der Waals surface area (Å²) in [5, 5.41) is 9.11. The molecule has 0 aliphatic rings. The van der Waals surface area contributed by atoms with Crippen molar-refractivity contribution in [2.24, 2.45) is 0 Å². The summed E-state index contributed by atoms with van der Waals surface area (Å²) >= 11 is 0.943. The van der Waals surface area contributed by atoms with E-state index in [-0.39, 0.29) is 17.9 Å². The fourth-order valence-electron chi connectivity index (χ4n) is 2.53. The van der Waals surface area contributed by atoms with Gasteiger partial charge in [0.15, 0.2) is 0 Å². The molecule has 25 heavy (non-hydrogen) atoms. The highest BCUT2D eigenvalue weighted by molar-refractivity contribution is 7.89. The van der Waals surface area contributed by atoms with Gasteiger partial charge in [-0.25, -0.2) is 13.1 Å². The summed E-state index contributed by atoms with van der Waals surface area (Å²) in [7, 11) is -3.83. The number of rotatable bonds is 7. The highest BCUT2D eigenvalue weighted by Gasteiger charge is 2.23. The molecule has 0 saturated carbocycles. The van der Waals surface area contributed by atoms with Crippen molar-refractivity contribution < 1.29 is 18.3 Å². The number of sulfonamides is 1. The van der Waals surface area contributed by atoms with E-state index < -0.39 is 21.9 Å². The molecule has 1 aromatic heterocycles. The Labute approximate surface area is 148 Å². The van der Waals surface area contributed by atoms with Gasteiger partial charge in [0, 0.05) is 12.5 Å². The van der Waals surface area contributed by atoms with Crippen LogP contribution in [0.4, 0.5) is 0 Å². The van der Waals surface area contributed by atoms with Crippen LogP contribution < -0.4 is 4.72 Å². The Balaban J connectivity index is 1.84. The van der Waals surface area contributed by atoms with Crippen molar-refractivity contribution in [2.45, 2.75) is 17.2 Å². The summed E-state index contributed by atoms with van der Waals surface area (Å²) in [5.74, 6) is -1.46. The molecule has 3 rings (SSSR count). The first-order valence-corrected chi connectivity index (χ1v) is 9.66. The first kappa shape index (κ1) is 17.5. The van der Waals surface area contributed by atoms with Crippen molar-refractivity contribution in [3.8, 4) is 0 Å². The number of aromatic nitrogens is 2. The number of hydrogen-bond donors (Lipinski definition) is 2. The van der Waals surface area contributed by atoms with E-state index in [0.717, 1.165) is 17.3 Å². The number of carboxylic acid groups (broad SMARTS) is 1. The monoisotopic (exact) mass is 377 g/mol. The van der Waals surface area contributed by atoms with Gasteiger partial charge in [0.05, 0.1) is 18.1 Å². The second-order valence-electron chi connectivity index (χ2n) is 5.45. The van der Waals surface area contributed by atoms with Crippen molar-refractivity contribution in [3.05, 3.63) is 54.1 Å². The van der Waals surface area contributed by atoms with E-state index in [2.05, 4.69) is 13.5 Å². The van der Waals surface area contributed by atoms with Gasteiger partial charge in [0.2, 0.25) is 10.0 Å². The predicted octanol–water partition coefficient (Wildman–Crippen LogP) is 2.23. The van der Waals surface area contributed by atoms with Crippen LogP contribution >= 0.6 is 11.7 Å². The number of carboxylic acids is 1. The van der Waals surface area contributed by atoms with Gasteiger partial charge >= 0.3 is 5.97 Å². The van der Waals surface area contributed by atoms with Crippen LogP contribution in [-0.2, 0) is 14.8 Å². The minimum absolute atomic E-state index is 0.0212. The number of hydrogen-bond acceptors (Lipinski definition) is 6. The van der Waals surface area contributed by atoms with E-state index in [1.165, 1.54) is 6.07 Å². The third kappa shape index (κ3) is 4.01. The van der Waals surface area contributed by atoms with Crippen LogP contribution in [0.1, 0.15) is 17.9 Å². The number of nitrogens with zero attached hydrogens (tertiary/aromatic N) is 2. The zero-order chi connectivity index (χ0) is 17.9. The van der Waals surface area contributed by atoms with Crippen LogP contribution in [0.3, 0.4) is 0 Å². The van der Waals surface area contributed by atoms with Crippen LogP contribution in [0.15, 0.2) is 53.4 Å². The number of carbonyl (C=O) groups is 1. The molecule has 0 radical (unpaired) electrons. The average Bonchev–Trinajstić information content (AvgIpc) is 3.07. The third-order valence-electron chi connectivity index (χ3n) is 3.75. The Morgan fingerprint density at radius 3 is 2.60 bits per heavy atom. The lowest BCUT2D eigenvalue weighted by molar-refractivity contribution is -0.137. The fraction of sp³-hybridized carbons (Fsp3) is 0.188. The highest BCUT2D eigenvalue weighted by atomic mass is 32.2. The van der Waals surface area contributed by atoms with Crippen LogP contribution in [-0.4, -0.2) is 34.8 Å². The van der Waals surface area contributed by atoms with Gasteiger partial charge in [-0.05, 0) is 17.7 Å². The Bertz CT molecular complexity index is 987. The van der Waals surface area contributed by atoms with Gasteiger partial charge in [-0.2, -0.15) is 8.75 Å². The quantitative estimate of drug-likeness (QED) is 0.653. The van der Waals surface area contributed by atoms with Gasteiger partial charge in [0.25, 0.3) is 0 Å². The molecule has 1 heterocycles. The number of benzene rings is 2. The Morgan fingerprint density at radius 2 is 1.88 bits per heavy atom. The van der Waals surface area contributed by atoms with Gasteiger partial charge in [-0.3, -0.25) is 4.79 Å². The second-order valence-corrected chi connectivity index (χ2v) is 7.71. The summed E-state index contributed by atoms with van der Waals surface area (Å²) in [6, 6.07) is 13.7. The van der Waals surface area contributed by atoms with Crippen molar-refractivity contribution in [1.29, 1.82) is 0 Å². The number of fused-ring (bicyclic) bond motifs is 1. The molecule has 7 nitrogen and oxygen atoms in total. The molecule has 0 fully saturated rings. The molecule has 0 amide bonds. The first-order chi connectivity index (χ1) is 12.0. The SMILES string of the molecule is O=C(O)C[C@H](CNS(=O)(=O)c1cccc2nsnc12)c1ccccc1. The maximum absolute atomic E-state index is 12.6. The van der Waals surface area contributed by atoms with E-state index in [0.29, 0.717) is 11.0 Å². The molecule has 9 heteroatoms. The molecule has 0 unspecified atom stereocenters. The van der Waals surface area contributed by atoms with Crippen LogP contribution in [0.2, 0.25) is 0 Å². The minimum atomic E-state index is -3.83. The lowest BCUT2D eigenvalue weighted by atomic mass is 9.96. The second kappa shape index (κ2) is 7.26. The highest BCUT2D eigenvalue weighted by Crippen LogP contribution is 2.23. The maximum Gasteiger partial charge on any atom is 0.304 e.